The second-order valence-corrected chi connectivity index (χ2v) is 1.73. The van der Waals surface area contributed by atoms with Gasteiger partial charge in [-0.15, -0.1) is 0 Å². The summed E-state index contributed by atoms with van der Waals surface area (Å²) in [5, 5.41) is 2.17. The zero-order valence-corrected chi connectivity index (χ0v) is 4.89. The summed E-state index contributed by atoms with van der Waals surface area (Å²) in [4.78, 5) is 10.6. The summed E-state index contributed by atoms with van der Waals surface area (Å²) in [6, 6.07) is 0. The zero-order valence-electron chi connectivity index (χ0n) is 4.89. The first-order valence-corrected chi connectivity index (χ1v) is 2.69. The van der Waals surface area contributed by atoms with Crippen LogP contribution in [0.25, 0.3) is 0 Å². The molecule has 4 heteroatoms. The van der Waals surface area contributed by atoms with E-state index in [2.05, 4.69) is 9.68 Å². The summed E-state index contributed by atoms with van der Waals surface area (Å²) in [6.07, 6.45) is 1.96. The minimum absolute atomic E-state index is 0.180. The quantitative estimate of drug-likeness (QED) is 0.562. The summed E-state index contributed by atoms with van der Waals surface area (Å²) in [5.74, 6) is 0. The Kier molecular flexibility index (Phi) is 1.69. The van der Waals surface area contributed by atoms with Crippen molar-refractivity contribution in [2.24, 2.45) is 5.73 Å². The summed E-state index contributed by atoms with van der Waals surface area (Å²) < 4.78 is 4.50. The molecule has 1 aromatic heterocycles. The second kappa shape index (κ2) is 2.50. The van der Waals surface area contributed by atoms with Crippen LogP contribution in [-0.4, -0.2) is 11.7 Å². The molecule has 0 saturated heterocycles. The molecule has 0 unspecified atom stereocenters. The van der Waals surface area contributed by atoms with Crippen LogP contribution in [-0.2, 0) is 6.42 Å². The maximum atomic E-state index is 10.6. The summed E-state index contributed by atoms with van der Waals surface area (Å²) in [6.45, 7) is 0.475. The van der Waals surface area contributed by atoms with E-state index >= 15 is 0 Å². The van der Waals surface area contributed by atoms with Crippen molar-refractivity contribution in [3.63, 3.8) is 0 Å². The smallest absolute Gasteiger partial charge is 0.283 e. The molecule has 0 bridgehead atoms. The summed E-state index contributed by atoms with van der Waals surface area (Å²) >= 11 is 0. The van der Waals surface area contributed by atoms with E-state index in [0.717, 1.165) is 0 Å². The van der Waals surface area contributed by atoms with Crippen LogP contribution in [0, 0.1) is 0 Å². The van der Waals surface area contributed by atoms with Crippen LogP contribution >= 0.6 is 0 Å². The van der Waals surface area contributed by atoms with Crippen molar-refractivity contribution in [2.75, 3.05) is 6.54 Å². The fourth-order valence-corrected chi connectivity index (χ4v) is 0.601. The van der Waals surface area contributed by atoms with Crippen LogP contribution in [0.5, 0.6) is 0 Å². The first-order valence-electron chi connectivity index (χ1n) is 2.69. The van der Waals surface area contributed by atoms with E-state index in [1.54, 1.807) is 0 Å². The van der Waals surface area contributed by atoms with Gasteiger partial charge in [0.05, 0.1) is 5.56 Å². The minimum atomic E-state index is -0.180. The first-order chi connectivity index (χ1) is 4.34. The van der Waals surface area contributed by atoms with Gasteiger partial charge in [-0.2, -0.15) is 5.16 Å². The number of H-pyrrole nitrogens is 1. The topological polar surface area (TPSA) is 72.0 Å². The maximum Gasteiger partial charge on any atom is 0.283 e. The van der Waals surface area contributed by atoms with Gasteiger partial charge in [-0.05, 0) is 13.0 Å². The Labute approximate surface area is 51.6 Å². The van der Waals surface area contributed by atoms with E-state index in [0.29, 0.717) is 18.5 Å². The van der Waals surface area contributed by atoms with Crippen LogP contribution in [0.1, 0.15) is 5.56 Å². The normalized spacial score (nSPS) is 9.89. The van der Waals surface area contributed by atoms with E-state index in [1.165, 1.54) is 6.26 Å². The Hall–Kier alpha value is -1.03. The van der Waals surface area contributed by atoms with Gasteiger partial charge in [0.2, 0.25) is 0 Å². The lowest BCUT2D eigenvalue weighted by Gasteiger charge is -1.83. The third kappa shape index (κ3) is 1.20. The predicted octanol–water partition coefficient (Wildman–Crippen LogP) is -0.531. The number of aromatic amines is 1. The molecule has 1 aromatic rings. The third-order valence-corrected chi connectivity index (χ3v) is 1.06. The molecular weight excluding hydrogens is 120 g/mol. The van der Waals surface area contributed by atoms with Gasteiger partial charge in [0.15, 0.2) is 0 Å². The van der Waals surface area contributed by atoms with Crippen LogP contribution in [0.15, 0.2) is 15.6 Å². The average molecular weight is 128 g/mol. The van der Waals surface area contributed by atoms with Crippen LogP contribution in [0.2, 0.25) is 0 Å². The summed E-state index contributed by atoms with van der Waals surface area (Å²) in [5.41, 5.74) is 5.62. The van der Waals surface area contributed by atoms with E-state index in [-0.39, 0.29) is 5.56 Å². The highest BCUT2D eigenvalue weighted by Gasteiger charge is 1.97. The van der Waals surface area contributed by atoms with Crippen molar-refractivity contribution in [2.45, 2.75) is 6.42 Å². The standard InChI is InChI=1S/C5H8N2O2/c6-2-1-4-3-9-7-5(4)8/h3H,1-2,6H2,(H,7,8). The van der Waals surface area contributed by atoms with Crippen LogP contribution in [0.3, 0.4) is 0 Å². The van der Waals surface area contributed by atoms with Crippen molar-refractivity contribution >= 4 is 0 Å². The molecule has 3 N–H and O–H groups in total. The van der Waals surface area contributed by atoms with E-state index in [9.17, 15) is 4.79 Å². The SMILES string of the molecule is NCCc1co[nH]c1=O. The van der Waals surface area contributed by atoms with Crippen molar-refractivity contribution in [3.8, 4) is 0 Å². The first kappa shape index (κ1) is 6.10. The molecule has 0 aromatic carbocycles. The molecule has 50 valence electrons. The van der Waals surface area contributed by atoms with Crippen molar-refractivity contribution in [1.82, 2.24) is 5.16 Å². The Balaban J connectivity index is 2.81. The molecule has 9 heavy (non-hydrogen) atoms. The molecule has 0 atom stereocenters. The number of aromatic nitrogens is 1. The number of nitrogens with one attached hydrogen (secondary N) is 1. The predicted molar refractivity (Wildman–Crippen MR) is 32.1 cm³/mol. The van der Waals surface area contributed by atoms with Gasteiger partial charge >= 0.3 is 0 Å². The minimum Gasteiger partial charge on any atom is -0.387 e. The monoisotopic (exact) mass is 128 g/mol. The molecule has 0 saturated carbocycles. The Bertz CT molecular complexity index is 225. The molecule has 1 heterocycles. The van der Waals surface area contributed by atoms with Crippen molar-refractivity contribution < 1.29 is 4.52 Å². The molecule has 4 nitrogen and oxygen atoms in total. The summed E-state index contributed by atoms with van der Waals surface area (Å²) in [7, 11) is 0. The van der Waals surface area contributed by atoms with Gasteiger partial charge in [-0.25, -0.2) is 0 Å². The molecule has 0 fully saturated rings. The Morgan fingerprint density at radius 1 is 1.78 bits per heavy atom. The highest BCUT2D eigenvalue weighted by molar-refractivity contribution is 5.00. The lowest BCUT2D eigenvalue weighted by atomic mass is 10.3. The molecule has 0 aliphatic rings. The highest BCUT2D eigenvalue weighted by atomic mass is 16.5. The number of hydrogen-bond donors (Lipinski definition) is 2. The molecule has 0 spiro atoms. The van der Waals surface area contributed by atoms with Crippen LogP contribution in [0.4, 0.5) is 0 Å². The van der Waals surface area contributed by atoms with Gasteiger partial charge in [0.25, 0.3) is 5.56 Å². The second-order valence-electron chi connectivity index (χ2n) is 1.73. The van der Waals surface area contributed by atoms with E-state index in [4.69, 9.17) is 5.73 Å². The Morgan fingerprint density at radius 2 is 2.56 bits per heavy atom. The molecule has 1 rings (SSSR count). The third-order valence-electron chi connectivity index (χ3n) is 1.06. The zero-order chi connectivity index (χ0) is 6.69. The molecule has 0 aliphatic carbocycles. The fraction of sp³-hybridized carbons (Fsp3) is 0.400. The van der Waals surface area contributed by atoms with Gasteiger partial charge in [-0.3, -0.25) is 4.79 Å². The van der Waals surface area contributed by atoms with Crippen molar-refractivity contribution in [1.29, 1.82) is 0 Å². The number of hydrogen-bond acceptors (Lipinski definition) is 3. The number of rotatable bonds is 2. The lowest BCUT2D eigenvalue weighted by Crippen LogP contribution is -2.10. The van der Waals surface area contributed by atoms with Gasteiger partial charge in [0, 0.05) is 0 Å². The molecule has 0 aliphatic heterocycles. The van der Waals surface area contributed by atoms with Gasteiger partial charge in [0.1, 0.15) is 6.26 Å². The largest absolute Gasteiger partial charge is 0.387 e. The average Bonchev–Trinajstić information content (AvgIpc) is 2.18. The Morgan fingerprint density at radius 3 is 3.00 bits per heavy atom. The van der Waals surface area contributed by atoms with Crippen molar-refractivity contribution in [3.05, 3.63) is 22.2 Å². The van der Waals surface area contributed by atoms with Gasteiger partial charge < -0.3 is 10.3 Å². The van der Waals surface area contributed by atoms with E-state index in [1.807, 2.05) is 0 Å². The number of nitrogens with two attached hydrogens (primary N) is 1. The lowest BCUT2D eigenvalue weighted by molar-refractivity contribution is 0.413. The van der Waals surface area contributed by atoms with E-state index < -0.39 is 0 Å². The molecular formula is C5H8N2O2. The molecule has 0 radical (unpaired) electrons. The maximum absolute atomic E-state index is 10.6. The fourth-order valence-electron chi connectivity index (χ4n) is 0.601. The highest BCUT2D eigenvalue weighted by Crippen LogP contribution is 1.87. The van der Waals surface area contributed by atoms with Crippen LogP contribution < -0.4 is 11.3 Å². The molecule has 0 amide bonds. The van der Waals surface area contributed by atoms with Gasteiger partial charge in [-0.1, -0.05) is 0 Å².